The summed E-state index contributed by atoms with van der Waals surface area (Å²) in [4.78, 5) is 16.4. The van der Waals surface area contributed by atoms with Gasteiger partial charge < -0.3 is 10.1 Å². The van der Waals surface area contributed by atoms with Gasteiger partial charge in [0.05, 0.1) is 6.61 Å². The average Bonchev–Trinajstić information content (AvgIpc) is 2.41. The largest absolute Gasteiger partial charge is 0.465 e. The molecule has 0 saturated carbocycles. The van der Waals surface area contributed by atoms with Gasteiger partial charge in [0.15, 0.2) is 0 Å². The predicted octanol–water partition coefficient (Wildman–Crippen LogP) is 3.26. The lowest BCUT2D eigenvalue weighted by molar-refractivity contribution is -0.150. The van der Waals surface area contributed by atoms with Crippen molar-refractivity contribution in [1.82, 2.24) is 10.3 Å². The van der Waals surface area contributed by atoms with E-state index in [0.717, 1.165) is 9.50 Å². The monoisotopic (exact) mass is 360 g/mol. The van der Waals surface area contributed by atoms with Gasteiger partial charge in [-0.3, -0.25) is 4.79 Å². The SMILES string of the molecule is CCOC(=O)C(C)(CC(C)Sc1ncccc1Br)NC. The molecule has 1 aromatic rings. The highest BCUT2D eigenvalue weighted by Gasteiger charge is 2.35. The van der Waals surface area contributed by atoms with Crippen molar-refractivity contribution in [3.8, 4) is 0 Å². The number of carbonyl (C=O) groups is 1. The molecule has 0 aliphatic rings. The minimum atomic E-state index is -0.677. The maximum absolute atomic E-state index is 12.0. The number of nitrogens with zero attached hydrogens (tertiary/aromatic N) is 1. The highest BCUT2D eigenvalue weighted by Crippen LogP contribution is 2.32. The first-order valence-electron chi connectivity index (χ1n) is 6.56. The average molecular weight is 361 g/mol. The number of halogens is 1. The molecule has 0 radical (unpaired) electrons. The summed E-state index contributed by atoms with van der Waals surface area (Å²) in [6.07, 6.45) is 2.43. The smallest absolute Gasteiger partial charge is 0.326 e. The highest BCUT2D eigenvalue weighted by molar-refractivity contribution is 9.10. The molecule has 0 saturated heterocycles. The van der Waals surface area contributed by atoms with Crippen molar-refractivity contribution in [3.63, 3.8) is 0 Å². The van der Waals surface area contributed by atoms with Crippen LogP contribution >= 0.6 is 27.7 Å². The Morgan fingerprint density at radius 1 is 1.65 bits per heavy atom. The molecule has 0 aromatic carbocycles. The highest BCUT2D eigenvalue weighted by atomic mass is 79.9. The predicted molar refractivity (Wildman–Crippen MR) is 86.0 cm³/mol. The summed E-state index contributed by atoms with van der Waals surface area (Å²) in [6.45, 7) is 6.16. The number of carbonyl (C=O) groups excluding carboxylic acids is 1. The molecule has 0 spiro atoms. The van der Waals surface area contributed by atoms with Gasteiger partial charge in [0.1, 0.15) is 10.6 Å². The zero-order valence-corrected chi connectivity index (χ0v) is 14.7. The van der Waals surface area contributed by atoms with Gasteiger partial charge >= 0.3 is 5.97 Å². The van der Waals surface area contributed by atoms with Crippen LogP contribution in [0.2, 0.25) is 0 Å². The number of thioether (sulfide) groups is 1. The lowest BCUT2D eigenvalue weighted by atomic mass is 9.96. The summed E-state index contributed by atoms with van der Waals surface area (Å²) in [5, 5.41) is 4.23. The van der Waals surface area contributed by atoms with Crippen LogP contribution in [0.1, 0.15) is 27.2 Å². The van der Waals surface area contributed by atoms with Crippen molar-refractivity contribution in [2.45, 2.75) is 43.0 Å². The molecule has 1 rings (SSSR count). The van der Waals surface area contributed by atoms with Gasteiger partial charge in [0, 0.05) is 15.9 Å². The minimum Gasteiger partial charge on any atom is -0.465 e. The number of hydrogen-bond acceptors (Lipinski definition) is 5. The molecule has 1 aromatic heterocycles. The zero-order chi connectivity index (χ0) is 15.2. The summed E-state index contributed by atoms with van der Waals surface area (Å²) >= 11 is 5.13. The number of likely N-dealkylation sites (N-methyl/N-ethyl adjacent to an activating group) is 1. The molecule has 2 atom stereocenters. The standard InChI is InChI=1S/C14H21BrN2O2S/c1-5-19-13(18)14(3,16-4)9-10(2)20-12-11(15)7-6-8-17-12/h6-8,10,16H,5,9H2,1-4H3. The molecule has 0 fully saturated rings. The van der Waals surface area contributed by atoms with Crippen LogP contribution in [0.5, 0.6) is 0 Å². The van der Waals surface area contributed by atoms with Crippen LogP contribution in [-0.2, 0) is 9.53 Å². The second-order valence-corrected chi connectivity index (χ2v) is 7.01. The molecule has 0 amide bonds. The molecule has 112 valence electrons. The molecule has 0 aliphatic heterocycles. The van der Waals surface area contributed by atoms with Gasteiger partial charge in [-0.2, -0.15) is 0 Å². The lowest BCUT2D eigenvalue weighted by Crippen LogP contribution is -2.50. The van der Waals surface area contributed by atoms with Gasteiger partial charge in [-0.15, -0.1) is 11.8 Å². The number of rotatable bonds is 7. The third-order valence-electron chi connectivity index (χ3n) is 3.01. The fraction of sp³-hybridized carbons (Fsp3) is 0.571. The Balaban J connectivity index is 2.70. The van der Waals surface area contributed by atoms with E-state index in [1.54, 1.807) is 25.0 Å². The van der Waals surface area contributed by atoms with E-state index >= 15 is 0 Å². The summed E-state index contributed by atoms with van der Waals surface area (Å²) in [5.41, 5.74) is -0.677. The topological polar surface area (TPSA) is 51.2 Å². The number of esters is 1. The third kappa shape index (κ3) is 4.75. The van der Waals surface area contributed by atoms with E-state index < -0.39 is 5.54 Å². The third-order valence-corrected chi connectivity index (χ3v) is 5.03. The van der Waals surface area contributed by atoms with Crippen molar-refractivity contribution in [3.05, 3.63) is 22.8 Å². The maximum atomic E-state index is 12.0. The van der Waals surface area contributed by atoms with E-state index in [0.29, 0.717) is 13.0 Å². The van der Waals surface area contributed by atoms with E-state index in [1.165, 1.54) is 0 Å². The summed E-state index contributed by atoms with van der Waals surface area (Å²) in [5.74, 6) is -0.213. The lowest BCUT2D eigenvalue weighted by Gasteiger charge is -2.29. The Labute approximate surface area is 133 Å². The number of nitrogens with one attached hydrogen (secondary N) is 1. The van der Waals surface area contributed by atoms with Crippen molar-refractivity contribution in [2.24, 2.45) is 0 Å². The number of ether oxygens (including phenoxy) is 1. The van der Waals surface area contributed by atoms with Crippen LogP contribution in [-0.4, -0.2) is 35.4 Å². The summed E-state index contributed by atoms with van der Waals surface area (Å²) in [6, 6.07) is 3.85. The Kier molecular flexibility index (Phi) is 6.99. The van der Waals surface area contributed by atoms with E-state index in [2.05, 4.69) is 33.2 Å². The van der Waals surface area contributed by atoms with Crippen molar-refractivity contribution < 1.29 is 9.53 Å². The van der Waals surface area contributed by atoms with Gasteiger partial charge in [-0.1, -0.05) is 6.92 Å². The van der Waals surface area contributed by atoms with Gasteiger partial charge in [-0.05, 0) is 55.4 Å². The van der Waals surface area contributed by atoms with Crippen LogP contribution in [0, 0.1) is 0 Å². The molecular formula is C14H21BrN2O2S. The fourth-order valence-electron chi connectivity index (χ4n) is 1.84. The van der Waals surface area contributed by atoms with Crippen molar-refractivity contribution in [1.29, 1.82) is 0 Å². The van der Waals surface area contributed by atoms with Crippen molar-refractivity contribution >= 4 is 33.7 Å². The van der Waals surface area contributed by atoms with Crippen LogP contribution in [0.3, 0.4) is 0 Å². The molecule has 4 nitrogen and oxygen atoms in total. The molecule has 6 heteroatoms. The number of aromatic nitrogens is 1. The van der Waals surface area contributed by atoms with E-state index in [1.807, 2.05) is 26.0 Å². The first-order chi connectivity index (χ1) is 9.42. The zero-order valence-electron chi connectivity index (χ0n) is 12.3. The Bertz CT molecular complexity index is 459. The normalized spacial score (nSPS) is 15.4. The second-order valence-electron chi connectivity index (χ2n) is 4.73. The van der Waals surface area contributed by atoms with Crippen molar-refractivity contribution in [2.75, 3.05) is 13.7 Å². The summed E-state index contributed by atoms with van der Waals surface area (Å²) in [7, 11) is 1.78. The number of pyridine rings is 1. The first kappa shape index (κ1) is 17.5. The van der Waals surface area contributed by atoms with Crippen LogP contribution in [0.25, 0.3) is 0 Å². The molecule has 0 bridgehead atoms. The van der Waals surface area contributed by atoms with Crippen LogP contribution < -0.4 is 5.32 Å². The van der Waals surface area contributed by atoms with Crippen LogP contribution in [0.4, 0.5) is 0 Å². The number of hydrogen-bond donors (Lipinski definition) is 1. The van der Waals surface area contributed by atoms with Crippen LogP contribution in [0.15, 0.2) is 27.8 Å². The molecule has 0 aliphatic carbocycles. The Morgan fingerprint density at radius 2 is 2.35 bits per heavy atom. The Hall–Kier alpha value is -0.590. The van der Waals surface area contributed by atoms with E-state index in [4.69, 9.17) is 4.74 Å². The summed E-state index contributed by atoms with van der Waals surface area (Å²) < 4.78 is 6.11. The van der Waals surface area contributed by atoms with E-state index in [9.17, 15) is 4.79 Å². The fourth-order valence-corrected chi connectivity index (χ4v) is 3.48. The molecule has 1 N–H and O–H groups in total. The van der Waals surface area contributed by atoms with Gasteiger partial charge in [-0.25, -0.2) is 4.98 Å². The first-order valence-corrected chi connectivity index (χ1v) is 8.23. The second kappa shape index (κ2) is 8.00. The minimum absolute atomic E-state index is 0.213. The maximum Gasteiger partial charge on any atom is 0.326 e. The van der Waals surface area contributed by atoms with Gasteiger partial charge in [0.25, 0.3) is 0 Å². The quantitative estimate of drug-likeness (QED) is 0.597. The molecule has 2 unspecified atom stereocenters. The van der Waals surface area contributed by atoms with E-state index in [-0.39, 0.29) is 11.2 Å². The van der Waals surface area contributed by atoms with Gasteiger partial charge in [0.2, 0.25) is 0 Å². The Morgan fingerprint density at radius 3 is 2.90 bits per heavy atom. The molecular weight excluding hydrogens is 340 g/mol. The molecule has 20 heavy (non-hydrogen) atoms. The molecule has 1 heterocycles.